The monoisotopic (exact) mass is 801 g/mol. The molecule has 3 heterocycles. The molecule has 0 radical (unpaired) electrons. The zero-order valence-electron chi connectivity index (χ0n) is 34.4. The molecular formula is C60H39N3. The molecule has 0 aliphatic rings. The minimum absolute atomic E-state index is 1.13. The molecule has 3 aromatic heterocycles. The minimum Gasteiger partial charge on any atom is -0.309 e. The van der Waals surface area contributed by atoms with E-state index in [2.05, 4.69) is 250 Å². The Bertz CT molecular complexity index is 3850. The van der Waals surface area contributed by atoms with Crippen molar-refractivity contribution >= 4 is 65.4 Å². The number of benzene rings is 10. The first-order valence-electron chi connectivity index (χ1n) is 21.7. The molecule has 0 aliphatic heterocycles. The van der Waals surface area contributed by atoms with Crippen LogP contribution in [0.5, 0.6) is 0 Å². The summed E-state index contributed by atoms with van der Waals surface area (Å²) < 4.78 is 7.35. The molecule has 0 aliphatic carbocycles. The predicted octanol–water partition coefficient (Wildman–Crippen LogP) is 16.0. The van der Waals surface area contributed by atoms with E-state index in [1.807, 2.05) is 0 Å². The molecule has 0 bridgehead atoms. The molecule has 3 heteroatoms. The highest BCUT2D eigenvalue weighted by Crippen LogP contribution is 2.43. The van der Waals surface area contributed by atoms with Gasteiger partial charge in [-0.2, -0.15) is 0 Å². The van der Waals surface area contributed by atoms with Gasteiger partial charge in [-0.15, -0.1) is 0 Å². The topological polar surface area (TPSA) is 14.8 Å². The van der Waals surface area contributed by atoms with Crippen LogP contribution < -0.4 is 0 Å². The van der Waals surface area contributed by atoms with E-state index in [-0.39, 0.29) is 0 Å². The van der Waals surface area contributed by atoms with Gasteiger partial charge in [-0.25, -0.2) is 0 Å². The van der Waals surface area contributed by atoms with Gasteiger partial charge in [0.2, 0.25) is 0 Å². The van der Waals surface area contributed by atoms with Gasteiger partial charge in [0, 0.05) is 49.4 Å². The summed E-state index contributed by atoms with van der Waals surface area (Å²) in [7, 11) is 0. The van der Waals surface area contributed by atoms with Crippen molar-refractivity contribution in [3.63, 3.8) is 0 Å². The van der Waals surface area contributed by atoms with Gasteiger partial charge in [0.05, 0.1) is 33.1 Å². The summed E-state index contributed by atoms with van der Waals surface area (Å²) in [4.78, 5) is 0. The molecule has 0 unspecified atom stereocenters. The second kappa shape index (κ2) is 14.1. The molecule has 63 heavy (non-hydrogen) atoms. The van der Waals surface area contributed by atoms with Crippen molar-refractivity contribution in [2.24, 2.45) is 0 Å². The molecule has 10 aromatic carbocycles. The first-order valence-corrected chi connectivity index (χ1v) is 21.7. The van der Waals surface area contributed by atoms with Crippen LogP contribution in [0.15, 0.2) is 237 Å². The summed E-state index contributed by atoms with van der Waals surface area (Å²) in [5.41, 5.74) is 17.8. The Hall–Kier alpha value is -8.40. The summed E-state index contributed by atoms with van der Waals surface area (Å²) in [6, 6.07) is 86.4. The van der Waals surface area contributed by atoms with Crippen molar-refractivity contribution in [3.8, 4) is 50.4 Å². The largest absolute Gasteiger partial charge is 0.309 e. The van der Waals surface area contributed by atoms with Crippen LogP contribution >= 0.6 is 0 Å². The Labute approximate surface area is 364 Å². The number of para-hydroxylation sites is 3. The van der Waals surface area contributed by atoms with E-state index in [1.54, 1.807) is 0 Å². The molecule has 0 spiro atoms. The highest BCUT2D eigenvalue weighted by molar-refractivity contribution is 6.24. The molecule has 0 amide bonds. The van der Waals surface area contributed by atoms with Crippen LogP contribution in [0.4, 0.5) is 0 Å². The van der Waals surface area contributed by atoms with E-state index in [0.29, 0.717) is 0 Å². The van der Waals surface area contributed by atoms with Gasteiger partial charge in [-0.1, -0.05) is 164 Å². The SMILES string of the molecule is c1ccc(-c2ccc(-n3c4ccccc4c4cc(-c5ccc6c(c5)c5ccc7c8ccccc8n(-c8ccccc8)c7c5n6-c5ccc(-c6ccccc6)cc5)ccc43)cc2)cc1. The Kier molecular flexibility index (Phi) is 7.91. The standard InChI is InChI=1S/C60H39N3/c1-4-14-40(15-5-1)42-24-30-47(31-25-42)61-55-22-12-11-21-50(55)53-38-44(28-36-57(53)61)45-29-37-58-54(39-45)52-35-34-51-49-20-10-13-23-56(49)62(46-18-8-3-9-19-46)59(51)60(52)63(58)48-32-26-43(27-33-48)41-16-6-2-7-17-41/h1-39H. The smallest absolute Gasteiger partial charge is 0.0788 e. The van der Waals surface area contributed by atoms with Crippen molar-refractivity contribution in [1.29, 1.82) is 0 Å². The van der Waals surface area contributed by atoms with Crippen LogP contribution in [0.25, 0.3) is 116 Å². The number of rotatable bonds is 6. The lowest BCUT2D eigenvalue weighted by atomic mass is 10.00. The molecule has 3 nitrogen and oxygen atoms in total. The fourth-order valence-corrected chi connectivity index (χ4v) is 10.1. The first kappa shape index (κ1) is 35.4. The molecule has 13 rings (SSSR count). The summed E-state index contributed by atoms with van der Waals surface area (Å²) in [5.74, 6) is 0. The highest BCUT2D eigenvalue weighted by atomic mass is 15.0. The maximum Gasteiger partial charge on any atom is 0.0788 e. The van der Waals surface area contributed by atoms with Gasteiger partial charge >= 0.3 is 0 Å². The molecule has 0 saturated heterocycles. The fourth-order valence-electron chi connectivity index (χ4n) is 10.1. The van der Waals surface area contributed by atoms with Crippen LogP contribution in [-0.2, 0) is 0 Å². The fraction of sp³-hybridized carbons (Fsp3) is 0. The predicted molar refractivity (Wildman–Crippen MR) is 266 cm³/mol. The summed E-state index contributed by atoms with van der Waals surface area (Å²) in [5, 5.41) is 7.42. The lowest BCUT2D eigenvalue weighted by Crippen LogP contribution is -1.98. The van der Waals surface area contributed by atoms with Gasteiger partial charge in [-0.3, -0.25) is 0 Å². The third-order valence-electron chi connectivity index (χ3n) is 13.0. The van der Waals surface area contributed by atoms with E-state index in [9.17, 15) is 0 Å². The second-order valence-electron chi connectivity index (χ2n) is 16.5. The van der Waals surface area contributed by atoms with E-state index in [1.165, 1.54) is 98.8 Å². The average molecular weight is 802 g/mol. The normalized spacial score (nSPS) is 11.8. The van der Waals surface area contributed by atoms with E-state index >= 15 is 0 Å². The Morgan fingerprint density at radius 2 is 0.524 bits per heavy atom. The van der Waals surface area contributed by atoms with Crippen molar-refractivity contribution in [1.82, 2.24) is 13.7 Å². The molecule has 13 aromatic rings. The van der Waals surface area contributed by atoms with Gasteiger partial charge in [0.25, 0.3) is 0 Å². The van der Waals surface area contributed by atoms with Crippen LogP contribution in [0, 0.1) is 0 Å². The average Bonchev–Trinajstić information content (AvgIpc) is 4.00. The lowest BCUT2D eigenvalue weighted by molar-refractivity contribution is 1.15. The Morgan fingerprint density at radius 1 is 0.190 bits per heavy atom. The van der Waals surface area contributed by atoms with Gasteiger partial charge < -0.3 is 13.7 Å². The number of hydrogen-bond acceptors (Lipinski definition) is 0. The number of nitrogens with zero attached hydrogens (tertiary/aromatic N) is 3. The van der Waals surface area contributed by atoms with Crippen molar-refractivity contribution in [3.05, 3.63) is 237 Å². The molecular weight excluding hydrogens is 763 g/mol. The Balaban J connectivity index is 1.03. The summed E-state index contributed by atoms with van der Waals surface area (Å²) >= 11 is 0. The Morgan fingerprint density at radius 3 is 1.06 bits per heavy atom. The number of aromatic nitrogens is 3. The van der Waals surface area contributed by atoms with E-state index in [0.717, 1.165) is 17.1 Å². The summed E-state index contributed by atoms with van der Waals surface area (Å²) in [6.45, 7) is 0. The number of hydrogen-bond donors (Lipinski definition) is 0. The maximum atomic E-state index is 2.49. The van der Waals surface area contributed by atoms with Gasteiger partial charge in [-0.05, 0) is 106 Å². The third kappa shape index (κ3) is 5.53. The lowest BCUT2D eigenvalue weighted by Gasteiger charge is -2.13. The van der Waals surface area contributed by atoms with E-state index < -0.39 is 0 Å². The minimum atomic E-state index is 1.13. The maximum absolute atomic E-state index is 2.49. The molecule has 0 saturated carbocycles. The van der Waals surface area contributed by atoms with E-state index in [4.69, 9.17) is 0 Å². The van der Waals surface area contributed by atoms with Crippen LogP contribution in [0.3, 0.4) is 0 Å². The molecule has 0 atom stereocenters. The zero-order valence-corrected chi connectivity index (χ0v) is 34.4. The molecule has 0 N–H and O–H groups in total. The van der Waals surface area contributed by atoms with Crippen molar-refractivity contribution < 1.29 is 0 Å². The number of fused-ring (bicyclic) bond motifs is 10. The second-order valence-corrected chi connectivity index (χ2v) is 16.5. The molecule has 294 valence electrons. The first-order chi connectivity index (χ1) is 31.3. The van der Waals surface area contributed by atoms with Crippen LogP contribution in [-0.4, -0.2) is 13.7 Å². The zero-order chi connectivity index (χ0) is 41.4. The van der Waals surface area contributed by atoms with Gasteiger partial charge in [0.1, 0.15) is 0 Å². The molecule has 0 fully saturated rings. The summed E-state index contributed by atoms with van der Waals surface area (Å²) in [6.07, 6.45) is 0. The van der Waals surface area contributed by atoms with Crippen molar-refractivity contribution in [2.45, 2.75) is 0 Å². The van der Waals surface area contributed by atoms with Crippen molar-refractivity contribution in [2.75, 3.05) is 0 Å². The van der Waals surface area contributed by atoms with Crippen LogP contribution in [0.1, 0.15) is 0 Å². The quantitative estimate of drug-likeness (QED) is 0.159. The van der Waals surface area contributed by atoms with Gasteiger partial charge in [0.15, 0.2) is 0 Å². The highest BCUT2D eigenvalue weighted by Gasteiger charge is 2.22. The third-order valence-corrected chi connectivity index (χ3v) is 13.0. The van der Waals surface area contributed by atoms with Crippen LogP contribution in [0.2, 0.25) is 0 Å².